The summed E-state index contributed by atoms with van der Waals surface area (Å²) in [6.45, 7) is 0.173. The van der Waals surface area contributed by atoms with Crippen LogP contribution in [0.3, 0.4) is 0 Å². The maximum Gasteiger partial charge on any atom is 0.328 e. The molecule has 0 radical (unpaired) electrons. The summed E-state index contributed by atoms with van der Waals surface area (Å²) >= 11 is 0. The highest BCUT2D eigenvalue weighted by atomic mass is 16.4. The number of aliphatic hydroxyl groups is 2. The lowest BCUT2D eigenvalue weighted by molar-refractivity contribution is -0.131. The first-order valence-corrected chi connectivity index (χ1v) is 5.52. The van der Waals surface area contributed by atoms with Gasteiger partial charge in [-0.15, -0.1) is 0 Å². The third kappa shape index (κ3) is 10.9. The van der Waals surface area contributed by atoms with Crippen molar-refractivity contribution in [3.8, 4) is 0 Å². The van der Waals surface area contributed by atoms with Crippen molar-refractivity contribution in [3.63, 3.8) is 0 Å². The van der Waals surface area contributed by atoms with Gasteiger partial charge in [0.25, 0.3) is 0 Å². The van der Waals surface area contributed by atoms with Crippen LogP contribution in [0.5, 0.6) is 0 Å². The number of carboxylic acid groups (broad SMARTS) is 1. The zero-order valence-electron chi connectivity index (χ0n) is 9.38. The Morgan fingerprint density at radius 3 is 2.56 bits per heavy atom. The molecule has 0 aliphatic heterocycles. The molecule has 0 aliphatic rings. The van der Waals surface area contributed by atoms with Gasteiger partial charge < -0.3 is 15.3 Å². The van der Waals surface area contributed by atoms with Gasteiger partial charge in [0.1, 0.15) is 0 Å². The molecule has 0 aromatic heterocycles. The molecule has 0 aromatic rings. The van der Waals surface area contributed by atoms with Gasteiger partial charge in [-0.1, -0.05) is 18.2 Å². The lowest BCUT2D eigenvalue weighted by atomic mass is 10.1. The molecule has 92 valence electrons. The van der Waals surface area contributed by atoms with Gasteiger partial charge in [0.15, 0.2) is 0 Å². The zero-order valence-corrected chi connectivity index (χ0v) is 9.38. The number of hydrogen-bond donors (Lipinski definition) is 3. The Labute approximate surface area is 95.9 Å². The number of rotatable bonds is 9. The number of aliphatic carboxylic acids is 1. The highest BCUT2D eigenvalue weighted by molar-refractivity contribution is 5.80. The van der Waals surface area contributed by atoms with Crippen molar-refractivity contribution < 1.29 is 20.1 Å². The van der Waals surface area contributed by atoms with Gasteiger partial charge in [0.05, 0.1) is 6.10 Å². The van der Waals surface area contributed by atoms with E-state index in [2.05, 4.69) is 0 Å². The fourth-order valence-electron chi connectivity index (χ4n) is 1.24. The minimum atomic E-state index is -0.964. The molecule has 4 heteroatoms. The highest BCUT2D eigenvalue weighted by Gasteiger charge is 2.01. The summed E-state index contributed by atoms with van der Waals surface area (Å²) in [6, 6.07) is 0. The monoisotopic (exact) mass is 228 g/mol. The average molecular weight is 228 g/mol. The minimum Gasteiger partial charge on any atom is -0.478 e. The Bertz CT molecular complexity index is 233. The largest absolute Gasteiger partial charge is 0.478 e. The molecule has 0 aliphatic carbocycles. The van der Waals surface area contributed by atoms with Gasteiger partial charge in [0, 0.05) is 12.7 Å². The van der Waals surface area contributed by atoms with E-state index in [1.807, 2.05) is 6.08 Å². The highest BCUT2D eigenvalue weighted by Crippen LogP contribution is 2.06. The average Bonchev–Trinajstić information content (AvgIpc) is 2.23. The van der Waals surface area contributed by atoms with E-state index in [4.69, 9.17) is 10.2 Å². The van der Waals surface area contributed by atoms with Crippen molar-refractivity contribution in [2.75, 3.05) is 6.61 Å². The maximum absolute atomic E-state index is 10.1. The molecule has 0 spiro atoms. The second-order valence-electron chi connectivity index (χ2n) is 3.58. The molecular formula is C12H20O4. The lowest BCUT2D eigenvalue weighted by Crippen LogP contribution is -2.05. The minimum absolute atomic E-state index is 0.173. The molecular weight excluding hydrogens is 208 g/mol. The molecule has 16 heavy (non-hydrogen) atoms. The van der Waals surface area contributed by atoms with Crippen LogP contribution >= 0.6 is 0 Å². The molecule has 0 bridgehead atoms. The molecule has 0 saturated carbocycles. The van der Waals surface area contributed by atoms with Crippen LogP contribution < -0.4 is 0 Å². The third-order valence-electron chi connectivity index (χ3n) is 2.10. The summed E-state index contributed by atoms with van der Waals surface area (Å²) in [6.07, 6.45) is 9.35. The Morgan fingerprint density at radius 1 is 1.19 bits per heavy atom. The molecule has 0 fully saturated rings. The van der Waals surface area contributed by atoms with Crippen LogP contribution in [0.1, 0.15) is 32.1 Å². The van der Waals surface area contributed by atoms with Crippen LogP contribution in [0.4, 0.5) is 0 Å². The van der Waals surface area contributed by atoms with Crippen LogP contribution in [-0.2, 0) is 4.79 Å². The quantitative estimate of drug-likeness (QED) is 0.317. The van der Waals surface area contributed by atoms with E-state index in [0.29, 0.717) is 12.8 Å². The summed E-state index contributed by atoms with van der Waals surface area (Å²) < 4.78 is 0. The molecule has 1 atom stereocenters. The van der Waals surface area contributed by atoms with Crippen molar-refractivity contribution in [2.45, 2.75) is 38.2 Å². The fourth-order valence-corrected chi connectivity index (χ4v) is 1.24. The molecule has 0 amide bonds. The number of unbranched alkanes of at least 4 members (excludes halogenated alkanes) is 1. The maximum atomic E-state index is 10.1. The number of hydrogen-bond acceptors (Lipinski definition) is 3. The number of carbonyl (C=O) groups is 1. The van der Waals surface area contributed by atoms with Crippen LogP contribution in [0.25, 0.3) is 0 Å². The summed E-state index contributed by atoms with van der Waals surface area (Å²) in [7, 11) is 0. The molecule has 0 rings (SSSR count). The molecule has 0 aromatic carbocycles. The van der Waals surface area contributed by atoms with Gasteiger partial charge in [0.2, 0.25) is 0 Å². The lowest BCUT2D eigenvalue weighted by Gasteiger charge is -2.07. The Balaban J connectivity index is 3.46. The van der Waals surface area contributed by atoms with Crippen LogP contribution in [0.15, 0.2) is 24.3 Å². The molecule has 3 N–H and O–H groups in total. The summed E-state index contributed by atoms with van der Waals surface area (Å²) in [5, 5.41) is 26.3. The topological polar surface area (TPSA) is 77.8 Å². The van der Waals surface area contributed by atoms with Crippen LogP contribution in [-0.4, -0.2) is 34.0 Å². The molecule has 0 saturated heterocycles. The van der Waals surface area contributed by atoms with E-state index in [1.165, 1.54) is 6.08 Å². The Kier molecular flexibility index (Phi) is 9.66. The standard InChI is InChI=1S/C12H20O4/c13-10-6-5-8-11(14)7-3-1-2-4-9-12(15)16/h1-2,4,9,11,13-14H,3,5-8,10H2,(H,15,16)/b2-1+,9-4+/t11-/m0/s1. The molecule has 0 unspecified atom stereocenters. The van der Waals surface area contributed by atoms with Crippen molar-refractivity contribution in [1.82, 2.24) is 0 Å². The van der Waals surface area contributed by atoms with Gasteiger partial charge in [-0.25, -0.2) is 4.79 Å². The predicted molar refractivity (Wildman–Crippen MR) is 62.1 cm³/mol. The second kappa shape index (κ2) is 10.4. The Hall–Kier alpha value is -1.13. The summed E-state index contributed by atoms with van der Waals surface area (Å²) in [4.78, 5) is 10.1. The Morgan fingerprint density at radius 2 is 1.94 bits per heavy atom. The second-order valence-corrected chi connectivity index (χ2v) is 3.58. The van der Waals surface area contributed by atoms with Gasteiger partial charge in [-0.2, -0.15) is 0 Å². The first-order valence-electron chi connectivity index (χ1n) is 5.52. The first kappa shape index (κ1) is 14.9. The van der Waals surface area contributed by atoms with Crippen LogP contribution in [0.2, 0.25) is 0 Å². The van der Waals surface area contributed by atoms with Crippen LogP contribution in [0, 0.1) is 0 Å². The first-order chi connectivity index (χ1) is 7.66. The smallest absolute Gasteiger partial charge is 0.328 e. The molecule has 4 nitrogen and oxygen atoms in total. The van der Waals surface area contributed by atoms with Gasteiger partial charge in [-0.3, -0.25) is 0 Å². The van der Waals surface area contributed by atoms with E-state index >= 15 is 0 Å². The van der Waals surface area contributed by atoms with Crippen molar-refractivity contribution in [1.29, 1.82) is 0 Å². The number of allylic oxidation sites excluding steroid dienone is 3. The summed E-state index contributed by atoms with van der Waals surface area (Å²) in [5.74, 6) is -0.964. The normalized spacial score (nSPS) is 13.6. The third-order valence-corrected chi connectivity index (χ3v) is 2.10. The summed E-state index contributed by atoms with van der Waals surface area (Å²) in [5.41, 5.74) is 0. The SMILES string of the molecule is O=C(O)/C=C/C=C/CC[C@H](O)CCCCO. The van der Waals surface area contributed by atoms with Gasteiger partial charge in [-0.05, 0) is 32.1 Å². The van der Waals surface area contributed by atoms with E-state index in [9.17, 15) is 9.90 Å². The predicted octanol–water partition coefficient (Wildman–Crippen LogP) is 1.49. The molecule has 0 heterocycles. The fraction of sp³-hybridized carbons (Fsp3) is 0.583. The number of aliphatic hydroxyl groups excluding tert-OH is 2. The van der Waals surface area contributed by atoms with Gasteiger partial charge >= 0.3 is 5.97 Å². The van der Waals surface area contributed by atoms with E-state index in [-0.39, 0.29) is 12.7 Å². The van der Waals surface area contributed by atoms with Crippen molar-refractivity contribution in [2.24, 2.45) is 0 Å². The van der Waals surface area contributed by atoms with E-state index < -0.39 is 5.97 Å². The zero-order chi connectivity index (χ0) is 12.2. The van der Waals surface area contributed by atoms with E-state index in [0.717, 1.165) is 25.3 Å². The van der Waals surface area contributed by atoms with Crippen molar-refractivity contribution in [3.05, 3.63) is 24.3 Å². The van der Waals surface area contributed by atoms with E-state index in [1.54, 1.807) is 6.08 Å². The van der Waals surface area contributed by atoms with Crippen molar-refractivity contribution >= 4 is 5.97 Å². The number of carboxylic acids is 1.